The van der Waals surface area contributed by atoms with E-state index in [1.54, 1.807) is 0 Å². The fourth-order valence-corrected chi connectivity index (χ4v) is 2.39. The lowest BCUT2D eigenvalue weighted by Gasteiger charge is -2.14. The molecule has 1 aliphatic heterocycles. The van der Waals surface area contributed by atoms with Gasteiger partial charge in [0.1, 0.15) is 11.6 Å². The Morgan fingerprint density at radius 3 is 2.94 bits per heavy atom. The summed E-state index contributed by atoms with van der Waals surface area (Å²) in [5.74, 6) is -0.873. The summed E-state index contributed by atoms with van der Waals surface area (Å²) in [5, 5.41) is 0. The molecule has 1 aromatic carbocycles. The van der Waals surface area contributed by atoms with Gasteiger partial charge in [0.05, 0.1) is 6.10 Å². The van der Waals surface area contributed by atoms with Crippen LogP contribution in [0.2, 0.25) is 0 Å². The molecular formula is C14H19F2NO. The van der Waals surface area contributed by atoms with Crippen LogP contribution < -0.4 is 5.73 Å². The summed E-state index contributed by atoms with van der Waals surface area (Å²) in [7, 11) is 0. The highest BCUT2D eigenvalue weighted by Crippen LogP contribution is 2.23. The van der Waals surface area contributed by atoms with E-state index in [0.29, 0.717) is 12.5 Å². The molecule has 2 unspecified atom stereocenters. The molecule has 0 amide bonds. The number of hydrogen-bond donors (Lipinski definition) is 1. The summed E-state index contributed by atoms with van der Waals surface area (Å²) in [6.07, 6.45) is 5.03. The van der Waals surface area contributed by atoms with Crippen LogP contribution in [-0.4, -0.2) is 12.7 Å². The molecule has 0 aliphatic carbocycles. The Balaban J connectivity index is 1.83. The van der Waals surface area contributed by atoms with Gasteiger partial charge in [-0.1, -0.05) is 0 Å². The van der Waals surface area contributed by atoms with E-state index >= 15 is 0 Å². The molecule has 1 heterocycles. The van der Waals surface area contributed by atoms with Gasteiger partial charge in [-0.2, -0.15) is 0 Å². The second-order valence-electron chi connectivity index (χ2n) is 4.84. The number of hydrogen-bond acceptors (Lipinski definition) is 2. The van der Waals surface area contributed by atoms with Gasteiger partial charge in [0.15, 0.2) is 0 Å². The number of nitrogens with two attached hydrogens (primary N) is 1. The van der Waals surface area contributed by atoms with Crippen LogP contribution in [0.5, 0.6) is 0 Å². The van der Waals surface area contributed by atoms with Crippen molar-refractivity contribution in [3.63, 3.8) is 0 Å². The maximum absolute atomic E-state index is 13.5. The molecule has 0 spiro atoms. The third kappa shape index (κ3) is 3.50. The lowest BCUT2D eigenvalue weighted by molar-refractivity contribution is 0.101. The Morgan fingerprint density at radius 1 is 1.39 bits per heavy atom. The van der Waals surface area contributed by atoms with Gasteiger partial charge in [-0.15, -0.1) is 0 Å². The number of ether oxygens (including phenoxy) is 1. The van der Waals surface area contributed by atoms with Crippen LogP contribution in [0.3, 0.4) is 0 Å². The zero-order chi connectivity index (χ0) is 13.0. The Hall–Kier alpha value is -1.00. The fraction of sp³-hybridized carbons (Fsp3) is 0.571. The predicted molar refractivity (Wildman–Crippen MR) is 66.1 cm³/mol. The first-order chi connectivity index (χ1) is 8.66. The Labute approximate surface area is 106 Å². The van der Waals surface area contributed by atoms with E-state index in [9.17, 15) is 8.78 Å². The number of benzene rings is 1. The summed E-state index contributed by atoms with van der Waals surface area (Å²) in [6.45, 7) is 0.843. The van der Waals surface area contributed by atoms with Gasteiger partial charge < -0.3 is 10.5 Å². The molecule has 0 radical (unpaired) electrons. The molecule has 4 heteroatoms. The Kier molecular flexibility index (Phi) is 4.66. The first-order valence-electron chi connectivity index (χ1n) is 6.49. The molecule has 1 aliphatic rings. The van der Waals surface area contributed by atoms with Crippen molar-refractivity contribution in [1.29, 1.82) is 0 Å². The molecule has 2 rings (SSSR count). The molecule has 0 saturated carbocycles. The van der Waals surface area contributed by atoms with Gasteiger partial charge in [-0.25, -0.2) is 8.78 Å². The highest BCUT2D eigenvalue weighted by Gasteiger charge is 2.17. The van der Waals surface area contributed by atoms with Crippen LogP contribution in [0.25, 0.3) is 0 Å². The van der Waals surface area contributed by atoms with Crippen molar-refractivity contribution in [3.05, 3.63) is 35.4 Å². The third-order valence-electron chi connectivity index (χ3n) is 3.42. The zero-order valence-corrected chi connectivity index (χ0v) is 10.4. The molecule has 2 atom stereocenters. The second-order valence-corrected chi connectivity index (χ2v) is 4.84. The summed E-state index contributed by atoms with van der Waals surface area (Å²) in [5.41, 5.74) is 6.17. The normalized spacial score (nSPS) is 21.2. The minimum atomic E-state index is -0.444. The smallest absolute Gasteiger partial charge is 0.128 e. The van der Waals surface area contributed by atoms with E-state index in [0.717, 1.165) is 44.4 Å². The van der Waals surface area contributed by atoms with Crippen LogP contribution in [0, 0.1) is 11.6 Å². The Morgan fingerprint density at radius 2 is 2.22 bits per heavy atom. The van der Waals surface area contributed by atoms with Gasteiger partial charge >= 0.3 is 0 Å². The van der Waals surface area contributed by atoms with E-state index < -0.39 is 17.7 Å². The molecule has 2 N–H and O–H groups in total. The van der Waals surface area contributed by atoms with E-state index in [-0.39, 0.29) is 5.56 Å². The van der Waals surface area contributed by atoms with Crippen molar-refractivity contribution in [2.75, 3.05) is 6.61 Å². The quantitative estimate of drug-likeness (QED) is 0.876. The van der Waals surface area contributed by atoms with Crippen molar-refractivity contribution >= 4 is 0 Å². The zero-order valence-electron chi connectivity index (χ0n) is 10.4. The molecule has 1 aromatic rings. The molecule has 1 fully saturated rings. The molecule has 100 valence electrons. The maximum Gasteiger partial charge on any atom is 0.128 e. The van der Waals surface area contributed by atoms with Crippen molar-refractivity contribution < 1.29 is 13.5 Å². The molecule has 18 heavy (non-hydrogen) atoms. The maximum atomic E-state index is 13.5. The predicted octanol–water partition coefficient (Wildman–Crippen LogP) is 3.31. The van der Waals surface area contributed by atoms with Gasteiger partial charge in [0.2, 0.25) is 0 Å². The van der Waals surface area contributed by atoms with Crippen molar-refractivity contribution in [2.45, 2.75) is 44.2 Å². The van der Waals surface area contributed by atoms with Crippen molar-refractivity contribution in [2.24, 2.45) is 5.73 Å². The van der Waals surface area contributed by atoms with Crippen LogP contribution >= 0.6 is 0 Å². The second kappa shape index (κ2) is 6.25. The SMILES string of the molecule is NC(CCCC1CCCO1)c1cc(F)ccc1F. The summed E-state index contributed by atoms with van der Waals surface area (Å²) >= 11 is 0. The largest absolute Gasteiger partial charge is 0.378 e. The number of halogens is 2. The molecule has 0 aromatic heterocycles. The van der Waals surface area contributed by atoms with Crippen LogP contribution in [0.4, 0.5) is 8.78 Å². The van der Waals surface area contributed by atoms with E-state index in [4.69, 9.17) is 10.5 Å². The molecule has 1 saturated heterocycles. The fourth-order valence-electron chi connectivity index (χ4n) is 2.39. The summed E-state index contributed by atoms with van der Waals surface area (Å²) in [6, 6.07) is 2.98. The Bertz CT molecular complexity index is 391. The minimum absolute atomic E-state index is 0.266. The minimum Gasteiger partial charge on any atom is -0.378 e. The van der Waals surface area contributed by atoms with Crippen LogP contribution in [0.1, 0.15) is 43.7 Å². The monoisotopic (exact) mass is 255 g/mol. The van der Waals surface area contributed by atoms with Gasteiger partial charge in [0.25, 0.3) is 0 Å². The average molecular weight is 255 g/mol. The van der Waals surface area contributed by atoms with Gasteiger partial charge in [0, 0.05) is 18.2 Å². The first-order valence-corrected chi connectivity index (χ1v) is 6.49. The highest BCUT2D eigenvalue weighted by molar-refractivity contribution is 5.21. The van der Waals surface area contributed by atoms with Crippen molar-refractivity contribution in [3.8, 4) is 0 Å². The first kappa shape index (κ1) is 13.4. The summed E-state index contributed by atoms with van der Waals surface area (Å²) < 4.78 is 32.0. The molecular weight excluding hydrogens is 236 g/mol. The van der Waals surface area contributed by atoms with E-state index in [1.807, 2.05) is 0 Å². The van der Waals surface area contributed by atoms with Gasteiger partial charge in [-0.3, -0.25) is 0 Å². The average Bonchev–Trinajstić information content (AvgIpc) is 2.85. The van der Waals surface area contributed by atoms with Crippen LogP contribution in [-0.2, 0) is 4.74 Å². The lowest BCUT2D eigenvalue weighted by Crippen LogP contribution is -2.14. The topological polar surface area (TPSA) is 35.2 Å². The highest BCUT2D eigenvalue weighted by atomic mass is 19.1. The van der Waals surface area contributed by atoms with Crippen molar-refractivity contribution in [1.82, 2.24) is 0 Å². The third-order valence-corrected chi connectivity index (χ3v) is 3.42. The van der Waals surface area contributed by atoms with Crippen LogP contribution in [0.15, 0.2) is 18.2 Å². The van der Waals surface area contributed by atoms with E-state index in [1.165, 1.54) is 6.07 Å². The standard InChI is InChI=1S/C14H19F2NO/c15-10-6-7-13(16)12(9-10)14(17)5-1-3-11-4-2-8-18-11/h6-7,9,11,14H,1-5,8,17H2. The van der Waals surface area contributed by atoms with Gasteiger partial charge in [-0.05, 0) is 50.3 Å². The summed E-state index contributed by atoms with van der Waals surface area (Å²) in [4.78, 5) is 0. The number of rotatable bonds is 5. The van der Waals surface area contributed by atoms with E-state index in [2.05, 4.69) is 0 Å². The lowest BCUT2D eigenvalue weighted by atomic mass is 9.99. The molecule has 2 nitrogen and oxygen atoms in total. The molecule has 0 bridgehead atoms.